The lowest BCUT2D eigenvalue weighted by molar-refractivity contribution is 0.0706. The van der Waals surface area contributed by atoms with Crippen LogP contribution in [0.3, 0.4) is 0 Å². The van der Waals surface area contributed by atoms with E-state index in [0.717, 1.165) is 0 Å². The lowest BCUT2D eigenvalue weighted by Gasteiger charge is -2.26. The van der Waals surface area contributed by atoms with Crippen LogP contribution < -0.4 is 5.56 Å². The Kier molecular flexibility index (Phi) is 3.94. The molecule has 0 aliphatic carbocycles. The van der Waals surface area contributed by atoms with Gasteiger partial charge in [-0.25, -0.2) is 13.4 Å². The first kappa shape index (κ1) is 14.7. The first-order chi connectivity index (χ1) is 9.34. The number of rotatable bonds is 3. The summed E-state index contributed by atoms with van der Waals surface area (Å²) in [5, 5.41) is 0. The van der Waals surface area contributed by atoms with Crippen molar-refractivity contribution in [3.8, 4) is 0 Å². The first-order valence-corrected chi connectivity index (χ1v) is 8.23. The molecule has 0 radical (unpaired) electrons. The molecule has 1 saturated heterocycles. The van der Waals surface area contributed by atoms with Crippen molar-refractivity contribution in [1.29, 1.82) is 0 Å². The van der Waals surface area contributed by atoms with Gasteiger partial charge in [0.2, 0.25) is 0 Å². The quantitative estimate of drug-likeness (QED) is 0.828. The van der Waals surface area contributed by atoms with E-state index < -0.39 is 21.3 Å². The maximum atomic E-state index is 12.4. The summed E-state index contributed by atoms with van der Waals surface area (Å²) in [7, 11) is -3.08. The predicted octanol–water partition coefficient (Wildman–Crippen LogP) is -0.272. The van der Waals surface area contributed by atoms with E-state index in [1.807, 2.05) is 0 Å². The van der Waals surface area contributed by atoms with E-state index in [9.17, 15) is 18.0 Å². The van der Waals surface area contributed by atoms with Crippen molar-refractivity contribution in [1.82, 2.24) is 14.9 Å². The van der Waals surface area contributed by atoms with Crippen LogP contribution in [0.5, 0.6) is 0 Å². The van der Waals surface area contributed by atoms with Crippen molar-refractivity contribution in [3.05, 3.63) is 27.9 Å². The van der Waals surface area contributed by atoms with Crippen LogP contribution in [0.1, 0.15) is 29.5 Å². The molecule has 1 aromatic rings. The van der Waals surface area contributed by atoms with Gasteiger partial charge in [-0.1, -0.05) is 0 Å². The zero-order valence-corrected chi connectivity index (χ0v) is 12.2. The van der Waals surface area contributed by atoms with Gasteiger partial charge >= 0.3 is 0 Å². The molecule has 2 rings (SSSR count). The third-order valence-electron chi connectivity index (χ3n) is 3.41. The molecule has 2 heterocycles. The van der Waals surface area contributed by atoms with Gasteiger partial charge in [0.15, 0.2) is 9.84 Å². The van der Waals surface area contributed by atoms with Crippen LogP contribution >= 0.6 is 0 Å². The number of sulfone groups is 1. The van der Waals surface area contributed by atoms with E-state index >= 15 is 0 Å². The Morgan fingerprint density at radius 3 is 2.75 bits per heavy atom. The van der Waals surface area contributed by atoms with Gasteiger partial charge in [-0.3, -0.25) is 9.59 Å². The summed E-state index contributed by atoms with van der Waals surface area (Å²) in [5.74, 6) is 0.00895. The number of carbonyl (C=O) groups excluding carboxylic acids is 1. The topological polar surface area (TPSA) is 100 Å². The normalized spacial score (nSPS) is 20.8. The summed E-state index contributed by atoms with van der Waals surface area (Å²) in [6.07, 6.45) is 1.65. The Hall–Kier alpha value is -1.70. The van der Waals surface area contributed by atoms with Crippen LogP contribution in [-0.4, -0.2) is 53.3 Å². The van der Waals surface area contributed by atoms with Gasteiger partial charge in [0.1, 0.15) is 11.4 Å². The molecule has 1 aromatic heterocycles. The SMILES string of the molecule is CCN(C(=O)c1cnc(C)[nH]c1=O)C1CCS(=O)(=O)C1. The minimum absolute atomic E-state index is 0.0379. The van der Waals surface area contributed by atoms with Crippen LogP contribution in [0.15, 0.2) is 11.0 Å². The minimum atomic E-state index is -3.08. The Morgan fingerprint density at radius 2 is 2.25 bits per heavy atom. The third kappa shape index (κ3) is 2.90. The summed E-state index contributed by atoms with van der Waals surface area (Å²) < 4.78 is 23.0. The number of H-pyrrole nitrogens is 1. The molecular formula is C12H17N3O4S. The molecule has 1 aliphatic heterocycles. The summed E-state index contributed by atoms with van der Waals surface area (Å²) in [6.45, 7) is 3.74. The van der Waals surface area contributed by atoms with Gasteiger partial charge in [0.05, 0.1) is 11.5 Å². The van der Waals surface area contributed by atoms with Crippen LogP contribution in [0, 0.1) is 6.92 Å². The Bertz CT molecular complexity index is 680. The highest BCUT2D eigenvalue weighted by Gasteiger charge is 2.34. The summed E-state index contributed by atoms with van der Waals surface area (Å²) in [6, 6.07) is -0.363. The maximum Gasteiger partial charge on any atom is 0.263 e. The van der Waals surface area contributed by atoms with E-state index in [0.29, 0.717) is 18.8 Å². The van der Waals surface area contributed by atoms with Crippen molar-refractivity contribution in [2.45, 2.75) is 26.3 Å². The summed E-state index contributed by atoms with van der Waals surface area (Å²) in [4.78, 5) is 32.0. The number of aromatic nitrogens is 2. The summed E-state index contributed by atoms with van der Waals surface area (Å²) in [5.41, 5.74) is -0.552. The lowest BCUT2D eigenvalue weighted by Crippen LogP contribution is -2.43. The highest BCUT2D eigenvalue weighted by molar-refractivity contribution is 7.91. The van der Waals surface area contributed by atoms with E-state index in [1.165, 1.54) is 11.1 Å². The summed E-state index contributed by atoms with van der Waals surface area (Å²) >= 11 is 0. The van der Waals surface area contributed by atoms with Crippen LogP contribution in [0.2, 0.25) is 0 Å². The average Bonchev–Trinajstić information content (AvgIpc) is 2.70. The standard InChI is InChI=1S/C12H17N3O4S/c1-3-15(9-4-5-20(18,19)7-9)12(17)10-6-13-8(2)14-11(10)16/h6,9H,3-5,7H2,1-2H3,(H,13,14,16). The molecule has 8 heteroatoms. The van der Waals surface area contributed by atoms with E-state index in [-0.39, 0.29) is 23.1 Å². The Labute approximate surface area is 116 Å². The van der Waals surface area contributed by atoms with Gasteiger partial charge < -0.3 is 9.88 Å². The fraction of sp³-hybridized carbons (Fsp3) is 0.583. The molecule has 110 valence electrons. The molecule has 1 N–H and O–H groups in total. The fourth-order valence-corrected chi connectivity index (χ4v) is 4.11. The second-order valence-electron chi connectivity index (χ2n) is 4.86. The molecule has 0 bridgehead atoms. The van der Waals surface area contributed by atoms with Crippen molar-refractivity contribution in [3.63, 3.8) is 0 Å². The number of nitrogens with zero attached hydrogens (tertiary/aromatic N) is 2. The van der Waals surface area contributed by atoms with E-state index in [2.05, 4.69) is 9.97 Å². The molecule has 0 saturated carbocycles. The van der Waals surface area contributed by atoms with Gasteiger partial charge in [-0.2, -0.15) is 0 Å². The zero-order chi connectivity index (χ0) is 14.9. The largest absolute Gasteiger partial charge is 0.335 e. The fourth-order valence-electron chi connectivity index (χ4n) is 2.38. The molecule has 1 unspecified atom stereocenters. The molecule has 7 nitrogen and oxygen atoms in total. The maximum absolute atomic E-state index is 12.4. The number of hydrogen-bond donors (Lipinski definition) is 1. The molecule has 1 aliphatic rings. The second kappa shape index (κ2) is 5.35. The van der Waals surface area contributed by atoms with Crippen LogP contribution in [-0.2, 0) is 9.84 Å². The number of nitrogens with one attached hydrogen (secondary N) is 1. The monoisotopic (exact) mass is 299 g/mol. The average molecular weight is 299 g/mol. The molecule has 0 spiro atoms. The second-order valence-corrected chi connectivity index (χ2v) is 7.09. The van der Waals surface area contributed by atoms with Gasteiger partial charge in [-0.15, -0.1) is 0 Å². The molecular weight excluding hydrogens is 282 g/mol. The molecule has 1 atom stereocenters. The van der Waals surface area contributed by atoms with Crippen molar-refractivity contribution in [2.75, 3.05) is 18.1 Å². The Morgan fingerprint density at radius 1 is 1.55 bits per heavy atom. The molecule has 0 aromatic carbocycles. The zero-order valence-electron chi connectivity index (χ0n) is 11.4. The van der Waals surface area contributed by atoms with Crippen LogP contribution in [0.25, 0.3) is 0 Å². The van der Waals surface area contributed by atoms with Gasteiger partial charge in [0.25, 0.3) is 11.5 Å². The molecule has 1 amide bonds. The van der Waals surface area contributed by atoms with Crippen molar-refractivity contribution < 1.29 is 13.2 Å². The number of aryl methyl sites for hydroxylation is 1. The predicted molar refractivity (Wildman–Crippen MR) is 73.4 cm³/mol. The number of hydrogen-bond acceptors (Lipinski definition) is 5. The number of amides is 1. The van der Waals surface area contributed by atoms with Gasteiger partial charge in [-0.05, 0) is 20.3 Å². The number of carbonyl (C=O) groups is 1. The highest BCUT2D eigenvalue weighted by Crippen LogP contribution is 2.18. The first-order valence-electron chi connectivity index (χ1n) is 6.41. The minimum Gasteiger partial charge on any atom is -0.335 e. The van der Waals surface area contributed by atoms with Gasteiger partial charge in [0, 0.05) is 18.8 Å². The number of aromatic amines is 1. The van der Waals surface area contributed by atoms with Crippen LogP contribution in [0.4, 0.5) is 0 Å². The van der Waals surface area contributed by atoms with Crippen molar-refractivity contribution in [2.24, 2.45) is 0 Å². The van der Waals surface area contributed by atoms with E-state index in [4.69, 9.17) is 0 Å². The third-order valence-corrected chi connectivity index (χ3v) is 5.16. The Balaban J connectivity index is 2.28. The molecule has 1 fully saturated rings. The molecule has 20 heavy (non-hydrogen) atoms. The highest BCUT2D eigenvalue weighted by atomic mass is 32.2. The smallest absolute Gasteiger partial charge is 0.263 e. The lowest BCUT2D eigenvalue weighted by atomic mass is 10.2. The van der Waals surface area contributed by atoms with Crippen molar-refractivity contribution >= 4 is 15.7 Å². The van der Waals surface area contributed by atoms with E-state index in [1.54, 1.807) is 13.8 Å².